The lowest BCUT2D eigenvalue weighted by Crippen LogP contribution is -1.95. The summed E-state index contributed by atoms with van der Waals surface area (Å²) in [6.45, 7) is 4.56. The summed E-state index contributed by atoms with van der Waals surface area (Å²) in [4.78, 5) is 0. The van der Waals surface area contributed by atoms with Crippen LogP contribution in [0.2, 0.25) is 0 Å². The van der Waals surface area contributed by atoms with E-state index in [1.165, 1.54) is 24.0 Å². The molecule has 0 fully saturated rings. The Labute approximate surface area is 115 Å². The summed E-state index contributed by atoms with van der Waals surface area (Å²) >= 11 is 0. The number of phenols is 1. The molecule has 0 bridgehead atoms. The molecule has 0 heterocycles. The van der Waals surface area contributed by atoms with Crippen LogP contribution < -0.4 is 0 Å². The van der Waals surface area contributed by atoms with E-state index in [-0.39, 0.29) is 0 Å². The smallest absolute Gasteiger partial charge is 0.115 e. The van der Waals surface area contributed by atoms with Gasteiger partial charge in [-0.2, -0.15) is 0 Å². The van der Waals surface area contributed by atoms with Gasteiger partial charge in [-0.1, -0.05) is 56.7 Å². The molecule has 1 unspecified atom stereocenters. The fourth-order valence-corrected chi connectivity index (χ4v) is 2.13. The van der Waals surface area contributed by atoms with Gasteiger partial charge in [0.1, 0.15) is 5.75 Å². The van der Waals surface area contributed by atoms with Crippen molar-refractivity contribution in [2.24, 2.45) is 5.92 Å². The predicted molar refractivity (Wildman–Crippen MR) is 81.3 cm³/mol. The van der Waals surface area contributed by atoms with E-state index in [1.807, 2.05) is 12.1 Å². The molecule has 0 aliphatic rings. The minimum atomic E-state index is 0.314. The van der Waals surface area contributed by atoms with Gasteiger partial charge in [0.15, 0.2) is 0 Å². The highest BCUT2D eigenvalue weighted by Crippen LogP contribution is 2.23. The van der Waals surface area contributed by atoms with Crippen LogP contribution in [0.1, 0.15) is 32.3 Å². The van der Waals surface area contributed by atoms with E-state index in [4.69, 9.17) is 0 Å². The zero-order valence-electron chi connectivity index (χ0n) is 11.8. The second kappa shape index (κ2) is 6.42. The van der Waals surface area contributed by atoms with Gasteiger partial charge in [-0.15, -0.1) is 0 Å². The highest BCUT2D eigenvalue weighted by molar-refractivity contribution is 5.64. The van der Waals surface area contributed by atoms with Crippen molar-refractivity contribution in [1.29, 1.82) is 0 Å². The van der Waals surface area contributed by atoms with Gasteiger partial charge in [0.25, 0.3) is 0 Å². The van der Waals surface area contributed by atoms with Gasteiger partial charge in [0.2, 0.25) is 0 Å². The van der Waals surface area contributed by atoms with Gasteiger partial charge in [0.05, 0.1) is 0 Å². The summed E-state index contributed by atoms with van der Waals surface area (Å²) in [6.07, 6.45) is 3.67. The SMILES string of the molecule is CCC(C)CCc1ccc(-c2ccc(O)cc2)cc1. The van der Waals surface area contributed by atoms with Gasteiger partial charge < -0.3 is 5.11 Å². The van der Waals surface area contributed by atoms with Crippen molar-refractivity contribution in [3.8, 4) is 16.9 Å². The molecule has 0 aliphatic carbocycles. The van der Waals surface area contributed by atoms with Crippen LogP contribution in [0.4, 0.5) is 0 Å². The van der Waals surface area contributed by atoms with E-state index in [0.717, 1.165) is 17.9 Å². The molecule has 0 aromatic heterocycles. The molecule has 1 N–H and O–H groups in total. The third-order valence-corrected chi connectivity index (χ3v) is 3.78. The molecule has 2 aromatic carbocycles. The Bertz CT molecular complexity index is 496. The number of aryl methyl sites for hydroxylation is 1. The zero-order valence-corrected chi connectivity index (χ0v) is 11.8. The van der Waals surface area contributed by atoms with Crippen LogP contribution in [0.5, 0.6) is 5.75 Å². The van der Waals surface area contributed by atoms with E-state index in [2.05, 4.69) is 38.1 Å². The van der Waals surface area contributed by atoms with Gasteiger partial charge in [-0.3, -0.25) is 0 Å². The van der Waals surface area contributed by atoms with Crippen molar-refractivity contribution in [3.05, 3.63) is 54.1 Å². The molecular formula is C18H22O. The normalized spacial score (nSPS) is 12.3. The van der Waals surface area contributed by atoms with Crippen LogP contribution in [-0.2, 0) is 6.42 Å². The molecule has 19 heavy (non-hydrogen) atoms. The first-order chi connectivity index (χ1) is 9.19. The number of benzene rings is 2. The average molecular weight is 254 g/mol. The Balaban J connectivity index is 2.04. The predicted octanol–water partition coefficient (Wildman–Crippen LogP) is 5.04. The molecule has 0 saturated carbocycles. The van der Waals surface area contributed by atoms with Crippen molar-refractivity contribution in [1.82, 2.24) is 0 Å². The third kappa shape index (κ3) is 3.85. The first kappa shape index (κ1) is 13.7. The maximum atomic E-state index is 9.29. The van der Waals surface area contributed by atoms with Crippen molar-refractivity contribution < 1.29 is 5.11 Å². The van der Waals surface area contributed by atoms with Gasteiger partial charge in [0, 0.05) is 0 Å². The second-order valence-corrected chi connectivity index (χ2v) is 5.30. The maximum absolute atomic E-state index is 9.29. The summed E-state index contributed by atoms with van der Waals surface area (Å²) in [7, 11) is 0. The maximum Gasteiger partial charge on any atom is 0.115 e. The number of aromatic hydroxyl groups is 1. The highest BCUT2D eigenvalue weighted by atomic mass is 16.3. The third-order valence-electron chi connectivity index (χ3n) is 3.78. The monoisotopic (exact) mass is 254 g/mol. The first-order valence-corrected chi connectivity index (χ1v) is 7.07. The molecule has 0 amide bonds. The summed E-state index contributed by atoms with van der Waals surface area (Å²) < 4.78 is 0. The Morgan fingerprint density at radius 3 is 1.95 bits per heavy atom. The summed E-state index contributed by atoms with van der Waals surface area (Å²) in [6, 6.07) is 16.1. The minimum absolute atomic E-state index is 0.314. The average Bonchev–Trinajstić information content (AvgIpc) is 2.46. The van der Waals surface area contributed by atoms with Gasteiger partial charge >= 0.3 is 0 Å². The first-order valence-electron chi connectivity index (χ1n) is 7.07. The second-order valence-electron chi connectivity index (χ2n) is 5.30. The molecule has 0 spiro atoms. The fraction of sp³-hybridized carbons (Fsp3) is 0.333. The lowest BCUT2D eigenvalue weighted by molar-refractivity contribution is 0.475. The van der Waals surface area contributed by atoms with Gasteiger partial charge in [-0.25, -0.2) is 0 Å². The topological polar surface area (TPSA) is 20.2 Å². The largest absolute Gasteiger partial charge is 0.508 e. The standard InChI is InChI=1S/C18H22O/c1-3-14(2)4-5-15-6-8-16(9-7-15)17-10-12-18(19)13-11-17/h6-14,19H,3-5H2,1-2H3. The Morgan fingerprint density at radius 2 is 1.42 bits per heavy atom. The van der Waals surface area contributed by atoms with E-state index < -0.39 is 0 Å². The Kier molecular flexibility index (Phi) is 4.62. The molecule has 2 aromatic rings. The van der Waals surface area contributed by atoms with Crippen LogP contribution in [-0.4, -0.2) is 5.11 Å². The van der Waals surface area contributed by atoms with Crippen molar-refractivity contribution in [2.45, 2.75) is 33.1 Å². The highest BCUT2D eigenvalue weighted by Gasteiger charge is 2.01. The van der Waals surface area contributed by atoms with Crippen LogP contribution >= 0.6 is 0 Å². The Hall–Kier alpha value is -1.76. The molecule has 1 atom stereocenters. The molecule has 0 saturated heterocycles. The Morgan fingerprint density at radius 1 is 0.895 bits per heavy atom. The van der Waals surface area contributed by atoms with Gasteiger partial charge in [-0.05, 0) is 47.6 Å². The number of hydrogen-bond acceptors (Lipinski definition) is 1. The molecule has 0 aliphatic heterocycles. The summed E-state index contributed by atoms with van der Waals surface area (Å²) in [5, 5.41) is 9.29. The minimum Gasteiger partial charge on any atom is -0.508 e. The molecular weight excluding hydrogens is 232 g/mol. The van der Waals surface area contributed by atoms with E-state index in [0.29, 0.717) is 5.75 Å². The quantitative estimate of drug-likeness (QED) is 0.792. The molecule has 100 valence electrons. The van der Waals surface area contributed by atoms with Crippen molar-refractivity contribution in [3.63, 3.8) is 0 Å². The number of phenolic OH excluding ortho intramolecular Hbond substituents is 1. The van der Waals surface area contributed by atoms with Crippen molar-refractivity contribution >= 4 is 0 Å². The molecule has 2 rings (SSSR count). The molecule has 1 heteroatoms. The van der Waals surface area contributed by atoms with Crippen LogP contribution in [0.3, 0.4) is 0 Å². The molecule has 1 nitrogen and oxygen atoms in total. The van der Waals surface area contributed by atoms with Crippen molar-refractivity contribution in [2.75, 3.05) is 0 Å². The summed E-state index contributed by atoms with van der Waals surface area (Å²) in [5.41, 5.74) is 3.75. The number of rotatable bonds is 5. The lowest BCUT2D eigenvalue weighted by atomic mass is 9.97. The van der Waals surface area contributed by atoms with E-state index in [1.54, 1.807) is 12.1 Å². The lowest BCUT2D eigenvalue weighted by Gasteiger charge is -2.08. The number of hydrogen-bond donors (Lipinski definition) is 1. The van der Waals surface area contributed by atoms with E-state index >= 15 is 0 Å². The van der Waals surface area contributed by atoms with Crippen LogP contribution in [0.15, 0.2) is 48.5 Å². The van der Waals surface area contributed by atoms with E-state index in [9.17, 15) is 5.11 Å². The molecule has 0 radical (unpaired) electrons. The van der Waals surface area contributed by atoms with Crippen LogP contribution in [0, 0.1) is 5.92 Å². The van der Waals surface area contributed by atoms with Crippen LogP contribution in [0.25, 0.3) is 11.1 Å². The zero-order chi connectivity index (χ0) is 13.7. The summed E-state index contributed by atoms with van der Waals surface area (Å²) in [5.74, 6) is 1.12. The fourth-order valence-electron chi connectivity index (χ4n) is 2.13.